The van der Waals surface area contributed by atoms with Crippen molar-refractivity contribution in [3.63, 3.8) is 0 Å². The molecule has 0 aliphatic carbocycles. The number of benzene rings is 2. The third-order valence-corrected chi connectivity index (χ3v) is 4.69. The van der Waals surface area contributed by atoms with Crippen molar-refractivity contribution in [1.82, 2.24) is 4.90 Å². The van der Waals surface area contributed by atoms with Crippen LogP contribution < -0.4 is 0 Å². The van der Waals surface area contributed by atoms with Crippen molar-refractivity contribution in [2.45, 2.75) is 45.1 Å². The molecular weight excluding hydrogens is 371 g/mol. The number of rotatable bonds is 10. The first-order chi connectivity index (χ1) is 14.0. The quantitative estimate of drug-likeness (QED) is 0.662. The zero-order valence-electron chi connectivity index (χ0n) is 17.0. The Hall–Kier alpha value is -2.28. The third kappa shape index (κ3) is 6.92. The number of aliphatic hydroxyl groups is 1. The van der Waals surface area contributed by atoms with Gasteiger partial charge in [-0.25, -0.2) is 4.39 Å². The standard InChI is InChI=1S/C23H29FN2O3/c1-17(2)28-16-21(27)14-26(13-18-7-6-10-20(24)11-18)15-22-12-23(25-29-22)19-8-4-3-5-9-19/h3-11,17,21-22,27H,12-16H2,1-2H3/t21-,22+/m1/s1. The van der Waals surface area contributed by atoms with E-state index in [2.05, 4.69) is 10.1 Å². The van der Waals surface area contributed by atoms with Gasteiger partial charge in [-0.1, -0.05) is 47.6 Å². The number of ether oxygens (including phenoxy) is 1. The lowest BCUT2D eigenvalue weighted by Gasteiger charge is -2.27. The maximum Gasteiger partial charge on any atom is 0.145 e. The Bertz CT molecular complexity index is 798. The van der Waals surface area contributed by atoms with Crippen LogP contribution in [0, 0.1) is 5.82 Å². The molecule has 29 heavy (non-hydrogen) atoms. The summed E-state index contributed by atoms with van der Waals surface area (Å²) < 4.78 is 19.1. The van der Waals surface area contributed by atoms with Gasteiger partial charge in [0.1, 0.15) is 11.9 Å². The Morgan fingerprint density at radius 3 is 2.72 bits per heavy atom. The van der Waals surface area contributed by atoms with E-state index in [0.717, 1.165) is 16.8 Å². The van der Waals surface area contributed by atoms with E-state index in [9.17, 15) is 9.50 Å². The minimum absolute atomic E-state index is 0.0568. The molecule has 1 aliphatic heterocycles. The van der Waals surface area contributed by atoms with Crippen LogP contribution in [0.15, 0.2) is 59.8 Å². The van der Waals surface area contributed by atoms with Gasteiger partial charge in [0.15, 0.2) is 0 Å². The second-order valence-corrected chi connectivity index (χ2v) is 7.70. The number of hydrogen-bond donors (Lipinski definition) is 1. The summed E-state index contributed by atoms with van der Waals surface area (Å²) in [5.74, 6) is -0.266. The van der Waals surface area contributed by atoms with E-state index in [1.165, 1.54) is 12.1 Å². The highest BCUT2D eigenvalue weighted by Gasteiger charge is 2.25. The van der Waals surface area contributed by atoms with Crippen molar-refractivity contribution in [2.75, 3.05) is 19.7 Å². The van der Waals surface area contributed by atoms with Crippen LogP contribution in [0.1, 0.15) is 31.4 Å². The Kier molecular flexibility index (Phi) is 7.75. The molecule has 1 heterocycles. The second kappa shape index (κ2) is 10.5. The van der Waals surface area contributed by atoms with E-state index in [4.69, 9.17) is 9.57 Å². The van der Waals surface area contributed by atoms with Crippen LogP contribution in [-0.2, 0) is 16.1 Å². The average Bonchev–Trinajstić information content (AvgIpc) is 3.15. The monoisotopic (exact) mass is 400 g/mol. The van der Waals surface area contributed by atoms with Gasteiger partial charge < -0.3 is 14.7 Å². The summed E-state index contributed by atoms with van der Waals surface area (Å²) in [6, 6.07) is 16.5. The molecule has 0 amide bonds. The molecular formula is C23H29FN2O3. The molecule has 2 atom stereocenters. The fraction of sp³-hybridized carbons (Fsp3) is 0.435. The summed E-state index contributed by atoms with van der Waals surface area (Å²) in [4.78, 5) is 7.72. The molecule has 156 valence electrons. The van der Waals surface area contributed by atoms with Crippen LogP contribution in [0.2, 0.25) is 0 Å². The first kappa shape index (κ1) is 21.4. The van der Waals surface area contributed by atoms with E-state index < -0.39 is 6.10 Å². The molecule has 0 saturated carbocycles. The molecule has 1 aliphatic rings. The summed E-state index contributed by atoms with van der Waals surface area (Å²) in [6.07, 6.45) is 0.00239. The van der Waals surface area contributed by atoms with Crippen LogP contribution >= 0.6 is 0 Å². The van der Waals surface area contributed by atoms with Gasteiger partial charge in [-0.15, -0.1) is 0 Å². The van der Waals surface area contributed by atoms with E-state index in [1.807, 2.05) is 50.2 Å². The van der Waals surface area contributed by atoms with Crippen LogP contribution in [-0.4, -0.2) is 53.7 Å². The molecule has 0 spiro atoms. The lowest BCUT2D eigenvalue weighted by Crippen LogP contribution is -2.39. The number of aliphatic hydroxyl groups excluding tert-OH is 1. The highest BCUT2D eigenvalue weighted by molar-refractivity contribution is 6.01. The smallest absolute Gasteiger partial charge is 0.145 e. The van der Waals surface area contributed by atoms with Crippen molar-refractivity contribution in [3.8, 4) is 0 Å². The molecule has 2 aromatic carbocycles. The predicted octanol–water partition coefficient (Wildman–Crippen LogP) is 3.61. The van der Waals surface area contributed by atoms with E-state index in [0.29, 0.717) is 26.1 Å². The maximum atomic E-state index is 13.6. The van der Waals surface area contributed by atoms with Crippen molar-refractivity contribution < 1.29 is 19.1 Å². The second-order valence-electron chi connectivity index (χ2n) is 7.70. The highest BCUT2D eigenvalue weighted by atomic mass is 19.1. The molecule has 0 bridgehead atoms. The van der Waals surface area contributed by atoms with Gasteiger partial charge in [-0.05, 0) is 37.1 Å². The molecule has 6 heteroatoms. The summed E-state index contributed by atoms with van der Waals surface area (Å²) in [7, 11) is 0. The zero-order chi connectivity index (χ0) is 20.6. The lowest BCUT2D eigenvalue weighted by atomic mass is 10.0. The molecule has 0 saturated heterocycles. The molecule has 0 fully saturated rings. The third-order valence-electron chi connectivity index (χ3n) is 4.69. The number of hydrogen-bond acceptors (Lipinski definition) is 5. The Morgan fingerprint density at radius 2 is 2.00 bits per heavy atom. The SMILES string of the molecule is CC(C)OC[C@H](O)CN(Cc1cccc(F)c1)C[C@@H]1CC(c2ccccc2)=NO1. The molecule has 0 unspecified atom stereocenters. The zero-order valence-corrected chi connectivity index (χ0v) is 17.0. The summed E-state index contributed by atoms with van der Waals surface area (Å²) in [6.45, 7) is 5.63. The van der Waals surface area contributed by atoms with Gasteiger partial charge in [0, 0.05) is 26.1 Å². The van der Waals surface area contributed by atoms with Crippen LogP contribution in [0.5, 0.6) is 0 Å². The van der Waals surface area contributed by atoms with Crippen molar-refractivity contribution in [1.29, 1.82) is 0 Å². The summed E-state index contributed by atoms with van der Waals surface area (Å²) >= 11 is 0. The summed E-state index contributed by atoms with van der Waals surface area (Å²) in [5.41, 5.74) is 2.83. The maximum absolute atomic E-state index is 13.6. The molecule has 3 rings (SSSR count). The van der Waals surface area contributed by atoms with Gasteiger partial charge >= 0.3 is 0 Å². The van der Waals surface area contributed by atoms with E-state index >= 15 is 0 Å². The normalized spacial score (nSPS) is 17.4. The molecule has 1 N–H and O–H groups in total. The van der Waals surface area contributed by atoms with Gasteiger partial charge in [0.25, 0.3) is 0 Å². The number of halogens is 1. The number of oxime groups is 1. The first-order valence-electron chi connectivity index (χ1n) is 10.0. The largest absolute Gasteiger partial charge is 0.390 e. The van der Waals surface area contributed by atoms with Gasteiger partial charge in [0.2, 0.25) is 0 Å². The Labute approximate surface area is 171 Å². The molecule has 0 aromatic heterocycles. The Morgan fingerprint density at radius 1 is 1.21 bits per heavy atom. The van der Waals surface area contributed by atoms with Crippen LogP contribution in [0.4, 0.5) is 4.39 Å². The molecule has 0 radical (unpaired) electrons. The van der Waals surface area contributed by atoms with Crippen LogP contribution in [0.25, 0.3) is 0 Å². The molecule has 5 nitrogen and oxygen atoms in total. The summed E-state index contributed by atoms with van der Waals surface area (Å²) in [5, 5.41) is 14.6. The minimum atomic E-state index is -0.637. The average molecular weight is 400 g/mol. The van der Waals surface area contributed by atoms with E-state index in [1.54, 1.807) is 6.07 Å². The molecule has 2 aromatic rings. The number of nitrogens with zero attached hydrogens (tertiary/aromatic N) is 2. The Balaban J connectivity index is 1.61. The van der Waals surface area contributed by atoms with Crippen molar-refractivity contribution >= 4 is 5.71 Å². The van der Waals surface area contributed by atoms with E-state index in [-0.39, 0.29) is 24.6 Å². The topological polar surface area (TPSA) is 54.3 Å². The van der Waals surface area contributed by atoms with Crippen molar-refractivity contribution in [2.24, 2.45) is 5.16 Å². The fourth-order valence-corrected chi connectivity index (χ4v) is 3.37. The van der Waals surface area contributed by atoms with Crippen molar-refractivity contribution in [3.05, 3.63) is 71.5 Å². The first-order valence-corrected chi connectivity index (χ1v) is 10.0. The fourth-order valence-electron chi connectivity index (χ4n) is 3.37. The predicted molar refractivity (Wildman–Crippen MR) is 111 cm³/mol. The van der Waals surface area contributed by atoms with Crippen LogP contribution in [0.3, 0.4) is 0 Å². The van der Waals surface area contributed by atoms with Gasteiger partial charge in [-0.2, -0.15) is 0 Å². The lowest BCUT2D eigenvalue weighted by molar-refractivity contribution is -0.0194. The minimum Gasteiger partial charge on any atom is -0.390 e. The van der Waals surface area contributed by atoms with Gasteiger partial charge in [-0.3, -0.25) is 4.90 Å². The highest BCUT2D eigenvalue weighted by Crippen LogP contribution is 2.19. The van der Waals surface area contributed by atoms with Gasteiger partial charge in [0.05, 0.1) is 24.5 Å².